The van der Waals surface area contributed by atoms with Crippen LogP contribution in [0.15, 0.2) is 17.5 Å². The average molecular weight is 248 g/mol. The van der Waals surface area contributed by atoms with Gasteiger partial charge in [0.05, 0.1) is 12.1 Å². The Hall–Kier alpha value is -0.850. The molecule has 1 atom stereocenters. The van der Waals surface area contributed by atoms with Crippen molar-refractivity contribution in [1.29, 1.82) is 5.26 Å². The average Bonchev–Trinajstić information content (AvgIpc) is 2.85. The summed E-state index contributed by atoms with van der Waals surface area (Å²) in [5.41, 5.74) is 0. The lowest BCUT2D eigenvalue weighted by Crippen LogP contribution is -2.36. The van der Waals surface area contributed by atoms with Crippen LogP contribution in [0.5, 0.6) is 0 Å². The lowest BCUT2D eigenvalue weighted by molar-refractivity contribution is 0.255. The van der Waals surface area contributed by atoms with E-state index in [0.717, 1.165) is 12.5 Å². The Labute approximate surface area is 108 Å². The van der Waals surface area contributed by atoms with Gasteiger partial charge >= 0.3 is 0 Å². The number of nitriles is 1. The Morgan fingerprint density at radius 3 is 2.82 bits per heavy atom. The van der Waals surface area contributed by atoms with Crippen LogP contribution < -0.4 is 5.32 Å². The van der Waals surface area contributed by atoms with E-state index in [1.807, 2.05) is 0 Å². The molecule has 0 amide bonds. The molecule has 1 saturated carbocycles. The summed E-state index contributed by atoms with van der Waals surface area (Å²) in [4.78, 5) is 1.31. The molecule has 1 N–H and O–H groups in total. The van der Waals surface area contributed by atoms with Crippen LogP contribution in [0, 0.1) is 23.2 Å². The molecule has 17 heavy (non-hydrogen) atoms. The minimum absolute atomic E-state index is 0.0320. The minimum atomic E-state index is 0.0320. The van der Waals surface area contributed by atoms with Gasteiger partial charge in [0.15, 0.2) is 0 Å². The molecule has 1 aromatic heterocycles. The van der Waals surface area contributed by atoms with Crippen LogP contribution in [0.1, 0.15) is 37.5 Å². The number of hydrogen-bond acceptors (Lipinski definition) is 3. The van der Waals surface area contributed by atoms with Crippen molar-refractivity contribution in [1.82, 2.24) is 5.32 Å². The first-order chi connectivity index (χ1) is 8.29. The summed E-state index contributed by atoms with van der Waals surface area (Å²) in [6, 6.07) is 6.66. The third kappa shape index (κ3) is 3.55. The summed E-state index contributed by atoms with van der Waals surface area (Å²) in [6.45, 7) is 3.15. The van der Waals surface area contributed by atoms with Gasteiger partial charge in [0, 0.05) is 11.4 Å². The van der Waals surface area contributed by atoms with Gasteiger partial charge in [0.25, 0.3) is 0 Å². The van der Waals surface area contributed by atoms with E-state index in [4.69, 9.17) is 0 Å². The van der Waals surface area contributed by atoms with Crippen molar-refractivity contribution in [3.63, 3.8) is 0 Å². The fourth-order valence-electron chi connectivity index (χ4n) is 2.56. The Morgan fingerprint density at radius 2 is 2.24 bits per heavy atom. The summed E-state index contributed by atoms with van der Waals surface area (Å²) in [5.74, 6) is 1.40. The standard InChI is InChI=1S/C14H20N2S/c1-11-4-6-12(7-5-11)14(9-15)16-10-13-3-2-8-17-13/h2-3,8,11-12,14,16H,4-7,10H2,1H3. The van der Waals surface area contributed by atoms with E-state index in [1.54, 1.807) is 11.3 Å². The summed E-state index contributed by atoms with van der Waals surface area (Å²) in [7, 11) is 0. The highest BCUT2D eigenvalue weighted by Crippen LogP contribution is 2.30. The van der Waals surface area contributed by atoms with Gasteiger partial charge in [0.1, 0.15) is 0 Å². The van der Waals surface area contributed by atoms with Gasteiger partial charge in [-0.25, -0.2) is 0 Å². The van der Waals surface area contributed by atoms with Crippen molar-refractivity contribution in [2.75, 3.05) is 0 Å². The molecule has 1 heterocycles. The maximum atomic E-state index is 9.26. The van der Waals surface area contributed by atoms with Crippen LogP contribution in [0.4, 0.5) is 0 Å². The Morgan fingerprint density at radius 1 is 1.47 bits per heavy atom. The zero-order chi connectivity index (χ0) is 12.1. The number of rotatable bonds is 4. The fraction of sp³-hybridized carbons (Fsp3) is 0.643. The second-order valence-corrected chi connectivity index (χ2v) is 6.12. The monoisotopic (exact) mass is 248 g/mol. The van der Waals surface area contributed by atoms with Gasteiger partial charge in [-0.05, 0) is 36.1 Å². The van der Waals surface area contributed by atoms with Crippen LogP contribution in [0.2, 0.25) is 0 Å². The lowest BCUT2D eigenvalue weighted by atomic mass is 9.79. The van der Waals surface area contributed by atoms with Crippen LogP contribution in [-0.4, -0.2) is 6.04 Å². The summed E-state index contributed by atoms with van der Waals surface area (Å²) in [5, 5.41) is 14.8. The maximum Gasteiger partial charge on any atom is 0.0984 e. The van der Waals surface area contributed by atoms with E-state index >= 15 is 0 Å². The van der Waals surface area contributed by atoms with Crippen molar-refractivity contribution in [2.45, 2.75) is 45.2 Å². The Bertz CT molecular complexity index is 358. The van der Waals surface area contributed by atoms with E-state index in [9.17, 15) is 5.26 Å². The molecule has 0 bridgehead atoms. The zero-order valence-corrected chi connectivity index (χ0v) is 11.2. The normalized spacial score (nSPS) is 26.4. The smallest absolute Gasteiger partial charge is 0.0984 e. The van der Waals surface area contributed by atoms with E-state index in [0.29, 0.717) is 5.92 Å². The molecule has 1 fully saturated rings. The zero-order valence-electron chi connectivity index (χ0n) is 10.4. The van der Waals surface area contributed by atoms with E-state index in [2.05, 4.69) is 35.8 Å². The number of nitrogens with zero attached hydrogens (tertiary/aromatic N) is 1. The Balaban J connectivity index is 1.82. The third-order valence-corrected chi connectivity index (χ3v) is 4.62. The van der Waals surface area contributed by atoms with Gasteiger partial charge in [-0.3, -0.25) is 5.32 Å². The van der Waals surface area contributed by atoms with Crippen LogP contribution >= 0.6 is 11.3 Å². The van der Waals surface area contributed by atoms with Crippen LogP contribution in [0.25, 0.3) is 0 Å². The van der Waals surface area contributed by atoms with E-state index in [-0.39, 0.29) is 6.04 Å². The lowest BCUT2D eigenvalue weighted by Gasteiger charge is -2.29. The highest BCUT2D eigenvalue weighted by molar-refractivity contribution is 7.09. The van der Waals surface area contributed by atoms with Crippen LogP contribution in [-0.2, 0) is 6.54 Å². The van der Waals surface area contributed by atoms with Crippen molar-refractivity contribution in [2.24, 2.45) is 11.8 Å². The van der Waals surface area contributed by atoms with Gasteiger partial charge in [-0.1, -0.05) is 25.8 Å². The molecule has 0 spiro atoms. The summed E-state index contributed by atoms with van der Waals surface area (Å²) < 4.78 is 0. The molecule has 0 aliphatic heterocycles. The molecule has 0 aromatic carbocycles. The molecule has 1 unspecified atom stereocenters. The highest BCUT2D eigenvalue weighted by atomic mass is 32.1. The predicted octanol–water partition coefficient (Wildman–Crippen LogP) is 3.56. The van der Waals surface area contributed by atoms with Gasteiger partial charge in [0.2, 0.25) is 0 Å². The SMILES string of the molecule is CC1CCC(C(C#N)NCc2cccs2)CC1. The molecule has 2 nitrogen and oxygen atoms in total. The molecule has 0 radical (unpaired) electrons. The quantitative estimate of drug-likeness (QED) is 0.884. The van der Waals surface area contributed by atoms with Crippen LogP contribution in [0.3, 0.4) is 0 Å². The highest BCUT2D eigenvalue weighted by Gasteiger charge is 2.25. The predicted molar refractivity (Wildman–Crippen MR) is 71.7 cm³/mol. The summed E-state index contributed by atoms with van der Waals surface area (Å²) in [6.07, 6.45) is 4.97. The summed E-state index contributed by atoms with van der Waals surface area (Å²) >= 11 is 1.75. The van der Waals surface area contributed by atoms with Gasteiger partial charge in [-0.15, -0.1) is 11.3 Å². The molecular weight excluding hydrogens is 228 g/mol. The second-order valence-electron chi connectivity index (χ2n) is 5.09. The van der Waals surface area contributed by atoms with Crippen molar-refractivity contribution in [3.8, 4) is 6.07 Å². The second kappa shape index (κ2) is 6.18. The fourth-order valence-corrected chi connectivity index (χ4v) is 3.22. The molecule has 2 rings (SSSR count). The Kier molecular flexibility index (Phi) is 4.58. The molecule has 0 saturated heterocycles. The maximum absolute atomic E-state index is 9.26. The molecule has 1 aliphatic carbocycles. The van der Waals surface area contributed by atoms with Crippen molar-refractivity contribution >= 4 is 11.3 Å². The van der Waals surface area contributed by atoms with Gasteiger partial charge in [-0.2, -0.15) is 5.26 Å². The van der Waals surface area contributed by atoms with Crippen molar-refractivity contribution < 1.29 is 0 Å². The first-order valence-corrected chi connectivity index (χ1v) is 7.33. The van der Waals surface area contributed by atoms with E-state index in [1.165, 1.54) is 30.6 Å². The number of thiophene rings is 1. The number of hydrogen-bond donors (Lipinski definition) is 1. The molecular formula is C14H20N2S. The topological polar surface area (TPSA) is 35.8 Å². The largest absolute Gasteiger partial charge is 0.297 e. The van der Waals surface area contributed by atoms with Gasteiger partial charge < -0.3 is 0 Å². The minimum Gasteiger partial charge on any atom is -0.297 e. The molecule has 3 heteroatoms. The third-order valence-electron chi connectivity index (χ3n) is 3.75. The first kappa shape index (κ1) is 12.6. The van der Waals surface area contributed by atoms with E-state index < -0.39 is 0 Å². The molecule has 1 aliphatic rings. The first-order valence-electron chi connectivity index (χ1n) is 6.45. The molecule has 1 aromatic rings. The molecule has 92 valence electrons. The number of nitrogens with one attached hydrogen (secondary N) is 1. The van der Waals surface area contributed by atoms with Crippen molar-refractivity contribution in [3.05, 3.63) is 22.4 Å².